The zero-order valence-electron chi connectivity index (χ0n) is 17.0. The van der Waals surface area contributed by atoms with Gasteiger partial charge in [0.25, 0.3) is 10.0 Å². The number of nitrogens with one attached hydrogen (secondary N) is 1. The van der Waals surface area contributed by atoms with E-state index in [-0.39, 0.29) is 22.2 Å². The lowest BCUT2D eigenvalue weighted by Gasteiger charge is -2.33. The van der Waals surface area contributed by atoms with Crippen LogP contribution in [0.5, 0.6) is 0 Å². The summed E-state index contributed by atoms with van der Waals surface area (Å²) in [6, 6.07) is 11.6. The van der Waals surface area contributed by atoms with Crippen LogP contribution in [0.2, 0.25) is 0 Å². The van der Waals surface area contributed by atoms with Crippen LogP contribution in [0.3, 0.4) is 0 Å². The number of anilines is 2. The third-order valence-electron chi connectivity index (χ3n) is 5.25. The summed E-state index contributed by atoms with van der Waals surface area (Å²) in [7, 11) is -1.73. The van der Waals surface area contributed by atoms with Crippen molar-refractivity contribution in [2.45, 2.75) is 4.90 Å². The standard InChI is InChI=1S/C21H23N5O3S2/c1-25-8-10-26(11-9-25)21-7-3-15-12-17(4-5-18(15)23-21)31(28,29)24-20-6-2-16(13-22-20)19(27)14-30/h2-7,12-13,30H,8-11,14H2,1H3,(H,22,24). The zero-order valence-corrected chi connectivity index (χ0v) is 18.7. The molecule has 1 fully saturated rings. The number of sulfonamides is 1. The number of benzene rings is 1. The van der Waals surface area contributed by atoms with Crippen molar-refractivity contribution in [3.05, 3.63) is 54.2 Å². The minimum absolute atomic E-state index is 0.0639. The number of aromatic nitrogens is 2. The summed E-state index contributed by atoms with van der Waals surface area (Å²) in [6.45, 7) is 3.80. The number of fused-ring (bicyclic) bond motifs is 1. The van der Waals surface area contributed by atoms with Gasteiger partial charge in [-0.2, -0.15) is 12.6 Å². The molecule has 0 unspecified atom stereocenters. The number of carbonyl (C=O) groups is 1. The lowest BCUT2D eigenvalue weighted by Crippen LogP contribution is -2.44. The van der Waals surface area contributed by atoms with Crippen LogP contribution in [-0.4, -0.2) is 68.0 Å². The Kier molecular flexibility index (Phi) is 6.12. The van der Waals surface area contributed by atoms with E-state index in [0.717, 1.165) is 42.9 Å². The highest BCUT2D eigenvalue weighted by molar-refractivity contribution is 7.92. The number of ketones is 1. The van der Waals surface area contributed by atoms with Gasteiger partial charge in [0.1, 0.15) is 11.6 Å². The van der Waals surface area contributed by atoms with Crippen LogP contribution in [-0.2, 0) is 10.0 Å². The first-order chi connectivity index (χ1) is 14.9. The zero-order chi connectivity index (χ0) is 22.0. The number of nitrogens with zero attached hydrogens (tertiary/aromatic N) is 4. The van der Waals surface area contributed by atoms with E-state index in [1.165, 1.54) is 24.4 Å². The van der Waals surface area contributed by atoms with Gasteiger partial charge in [-0.25, -0.2) is 18.4 Å². The number of carbonyl (C=O) groups excluding carboxylic acids is 1. The molecule has 3 heterocycles. The number of thiol groups is 1. The Morgan fingerprint density at radius 2 is 1.87 bits per heavy atom. The number of piperazine rings is 1. The Hall–Kier alpha value is -2.69. The molecule has 0 atom stereocenters. The Balaban J connectivity index is 1.54. The summed E-state index contributed by atoms with van der Waals surface area (Å²) in [5.41, 5.74) is 1.12. The number of pyridine rings is 2. The van der Waals surface area contributed by atoms with E-state index in [9.17, 15) is 13.2 Å². The summed E-state index contributed by atoms with van der Waals surface area (Å²) in [5, 5.41) is 0.739. The van der Waals surface area contributed by atoms with Gasteiger partial charge in [-0.15, -0.1) is 0 Å². The van der Waals surface area contributed by atoms with E-state index in [4.69, 9.17) is 4.98 Å². The average Bonchev–Trinajstić information content (AvgIpc) is 2.78. The molecular weight excluding hydrogens is 434 g/mol. The third-order valence-corrected chi connectivity index (χ3v) is 6.89. The van der Waals surface area contributed by atoms with Crippen LogP contribution < -0.4 is 9.62 Å². The molecule has 0 radical (unpaired) electrons. The quantitative estimate of drug-likeness (QED) is 0.433. The molecule has 0 spiro atoms. The van der Waals surface area contributed by atoms with E-state index in [0.29, 0.717) is 5.56 Å². The molecule has 1 N–H and O–H groups in total. The highest BCUT2D eigenvalue weighted by Gasteiger charge is 2.18. The van der Waals surface area contributed by atoms with Gasteiger partial charge in [-0.1, -0.05) is 0 Å². The lowest BCUT2D eigenvalue weighted by molar-refractivity contribution is 0.102. The van der Waals surface area contributed by atoms with Crippen LogP contribution in [0.15, 0.2) is 53.6 Å². The number of likely N-dealkylation sites (N-methyl/N-ethyl adjacent to an activating group) is 1. The fourth-order valence-corrected chi connectivity index (χ4v) is 4.60. The maximum atomic E-state index is 12.8. The van der Waals surface area contributed by atoms with Crippen molar-refractivity contribution < 1.29 is 13.2 Å². The number of Topliss-reactive ketones (excluding diaryl/α,β-unsaturated/α-hetero) is 1. The summed E-state index contributed by atoms with van der Waals surface area (Å²) in [5.74, 6) is 0.922. The molecule has 1 aromatic carbocycles. The molecule has 0 bridgehead atoms. The first kappa shape index (κ1) is 21.5. The fourth-order valence-electron chi connectivity index (χ4n) is 3.38. The van der Waals surface area contributed by atoms with E-state index in [1.54, 1.807) is 12.1 Å². The molecule has 31 heavy (non-hydrogen) atoms. The smallest absolute Gasteiger partial charge is 0.263 e. The highest BCUT2D eigenvalue weighted by Crippen LogP contribution is 2.23. The number of hydrogen-bond acceptors (Lipinski definition) is 8. The molecule has 1 aliphatic heterocycles. The summed E-state index contributed by atoms with van der Waals surface area (Å²) < 4.78 is 28.1. The van der Waals surface area contributed by atoms with E-state index >= 15 is 0 Å². The van der Waals surface area contributed by atoms with Gasteiger partial charge in [0.15, 0.2) is 5.78 Å². The Morgan fingerprint density at radius 3 is 2.55 bits per heavy atom. The minimum Gasteiger partial charge on any atom is -0.354 e. The second-order valence-corrected chi connectivity index (χ2v) is 9.43. The molecule has 1 saturated heterocycles. The van der Waals surface area contributed by atoms with Gasteiger partial charge < -0.3 is 9.80 Å². The average molecular weight is 458 g/mol. The first-order valence-electron chi connectivity index (χ1n) is 9.83. The van der Waals surface area contributed by atoms with Crippen LogP contribution in [0.25, 0.3) is 10.9 Å². The normalized spacial score (nSPS) is 15.2. The summed E-state index contributed by atoms with van der Waals surface area (Å²) in [6.07, 6.45) is 1.33. The largest absolute Gasteiger partial charge is 0.354 e. The SMILES string of the molecule is CN1CCN(c2ccc3cc(S(=O)(=O)Nc4ccc(C(=O)CS)cn4)ccc3n2)CC1. The summed E-state index contributed by atoms with van der Waals surface area (Å²) in [4.78, 5) is 25.0. The van der Waals surface area contributed by atoms with Gasteiger partial charge in [0, 0.05) is 43.3 Å². The molecule has 1 aliphatic rings. The molecule has 0 aliphatic carbocycles. The van der Waals surface area contributed by atoms with Crippen molar-refractivity contribution in [2.75, 3.05) is 48.6 Å². The molecule has 8 nitrogen and oxygen atoms in total. The van der Waals surface area contributed by atoms with Crippen molar-refractivity contribution in [3.63, 3.8) is 0 Å². The monoisotopic (exact) mass is 457 g/mol. The van der Waals surface area contributed by atoms with Crippen molar-refractivity contribution in [3.8, 4) is 0 Å². The molecule has 162 valence electrons. The molecular formula is C21H23N5O3S2. The first-order valence-corrected chi connectivity index (χ1v) is 11.9. The predicted molar refractivity (Wildman–Crippen MR) is 125 cm³/mol. The molecule has 0 saturated carbocycles. The topological polar surface area (TPSA) is 95.5 Å². The minimum atomic E-state index is -3.84. The second kappa shape index (κ2) is 8.81. The van der Waals surface area contributed by atoms with Gasteiger partial charge in [-0.3, -0.25) is 9.52 Å². The van der Waals surface area contributed by atoms with E-state index < -0.39 is 10.0 Å². The second-order valence-electron chi connectivity index (χ2n) is 7.43. The van der Waals surface area contributed by atoms with Gasteiger partial charge in [-0.05, 0) is 49.5 Å². The molecule has 4 rings (SSSR count). The van der Waals surface area contributed by atoms with Crippen LogP contribution in [0, 0.1) is 0 Å². The van der Waals surface area contributed by atoms with E-state index in [2.05, 4.69) is 39.2 Å². The predicted octanol–water partition coefficient (Wildman–Crippen LogP) is 2.29. The maximum Gasteiger partial charge on any atom is 0.263 e. The number of rotatable bonds is 6. The molecule has 0 amide bonds. The van der Waals surface area contributed by atoms with Gasteiger partial charge in [0.2, 0.25) is 0 Å². The van der Waals surface area contributed by atoms with Crippen molar-refractivity contribution >= 4 is 51.0 Å². The van der Waals surface area contributed by atoms with Gasteiger partial charge in [0.05, 0.1) is 16.2 Å². The number of hydrogen-bond donors (Lipinski definition) is 2. The Bertz CT molecular complexity index is 1210. The Morgan fingerprint density at radius 1 is 1.10 bits per heavy atom. The van der Waals surface area contributed by atoms with Crippen LogP contribution in [0.4, 0.5) is 11.6 Å². The maximum absolute atomic E-state index is 12.8. The summed E-state index contributed by atoms with van der Waals surface area (Å²) >= 11 is 3.94. The molecule has 2 aromatic heterocycles. The highest BCUT2D eigenvalue weighted by atomic mass is 32.2. The van der Waals surface area contributed by atoms with Crippen molar-refractivity contribution in [1.29, 1.82) is 0 Å². The third kappa shape index (κ3) is 4.81. The van der Waals surface area contributed by atoms with E-state index in [1.807, 2.05) is 12.1 Å². The fraction of sp³-hybridized carbons (Fsp3) is 0.286. The van der Waals surface area contributed by atoms with Crippen molar-refractivity contribution in [1.82, 2.24) is 14.9 Å². The van der Waals surface area contributed by atoms with Crippen LogP contribution in [0.1, 0.15) is 10.4 Å². The molecule has 3 aromatic rings. The lowest BCUT2D eigenvalue weighted by atomic mass is 10.2. The van der Waals surface area contributed by atoms with Crippen LogP contribution >= 0.6 is 12.6 Å². The van der Waals surface area contributed by atoms with Crippen molar-refractivity contribution in [2.24, 2.45) is 0 Å². The van der Waals surface area contributed by atoms with Gasteiger partial charge >= 0.3 is 0 Å². The Labute approximate surface area is 186 Å². The molecule has 10 heteroatoms.